The fourth-order valence-corrected chi connectivity index (χ4v) is 5.36. The quantitative estimate of drug-likeness (QED) is 0.501. The van der Waals surface area contributed by atoms with Gasteiger partial charge in [0.15, 0.2) is 0 Å². The van der Waals surface area contributed by atoms with E-state index >= 15 is 0 Å². The van der Waals surface area contributed by atoms with E-state index in [1.165, 1.54) is 0 Å². The van der Waals surface area contributed by atoms with Crippen LogP contribution in [0.15, 0.2) is 72.1 Å². The summed E-state index contributed by atoms with van der Waals surface area (Å²) in [4.78, 5) is 41.4. The molecule has 0 bridgehead atoms. The molecular weight excluding hydrogens is 462 g/mol. The third-order valence-corrected chi connectivity index (χ3v) is 7.61. The van der Waals surface area contributed by atoms with Crippen LogP contribution in [0.3, 0.4) is 0 Å². The highest BCUT2D eigenvalue weighted by atomic mass is 32.1. The molecule has 7 nitrogen and oxygen atoms in total. The summed E-state index contributed by atoms with van der Waals surface area (Å²) in [6.07, 6.45) is 1.54. The fraction of sp³-hybridized carbons (Fsp3) is 0.296. The van der Waals surface area contributed by atoms with E-state index in [0.29, 0.717) is 30.0 Å². The minimum atomic E-state index is -0.502. The molecule has 0 unspecified atom stereocenters. The van der Waals surface area contributed by atoms with E-state index in [-0.39, 0.29) is 35.7 Å². The number of benzene rings is 2. The number of nitrogens with one attached hydrogen (secondary N) is 2. The van der Waals surface area contributed by atoms with Crippen LogP contribution in [0.5, 0.6) is 11.5 Å². The number of carbonyl (C=O) groups is 3. The minimum Gasteiger partial charge on any atom is -0.457 e. The molecule has 3 atom stereocenters. The van der Waals surface area contributed by atoms with E-state index < -0.39 is 6.04 Å². The Morgan fingerprint density at radius 2 is 1.71 bits per heavy atom. The predicted octanol–water partition coefficient (Wildman–Crippen LogP) is 3.97. The molecule has 5 rings (SSSR count). The number of fused-ring (bicyclic) bond motifs is 1. The van der Waals surface area contributed by atoms with Crippen LogP contribution in [0.25, 0.3) is 0 Å². The number of likely N-dealkylation sites (tertiary alicyclic amines) is 1. The molecule has 2 heterocycles. The number of rotatable bonds is 8. The van der Waals surface area contributed by atoms with Gasteiger partial charge in [-0.05, 0) is 66.1 Å². The Morgan fingerprint density at radius 1 is 0.971 bits per heavy atom. The van der Waals surface area contributed by atoms with Gasteiger partial charge in [-0.25, -0.2) is 0 Å². The van der Waals surface area contributed by atoms with Gasteiger partial charge in [-0.2, -0.15) is 0 Å². The molecule has 8 heteroatoms. The second kappa shape index (κ2) is 9.54. The van der Waals surface area contributed by atoms with E-state index in [1.54, 1.807) is 40.5 Å². The molecule has 1 aliphatic heterocycles. The molecule has 1 aliphatic carbocycles. The zero-order chi connectivity index (χ0) is 24.4. The molecule has 0 spiro atoms. The molecule has 35 heavy (non-hydrogen) atoms. The Morgan fingerprint density at radius 3 is 2.43 bits per heavy atom. The van der Waals surface area contributed by atoms with Crippen LogP contribution in [0, 0.1) is 5.41 Å². The standard InChI is InChI=1S/C27H27N3O4S/c1-27-14-22(26(33)28-16-21-8-5-13-35-21)30(23(27)15-27)24(31)17-29-25(32)18-9-11-20(12-10-18)34-19-6-3-2-4-7-19/h2-13,22-23H,14-17H2,1H3,(H,28,33)(H,29,32)/t22-,23-,27+/m0/s1. The van der Waals surface area contributed by atoms with Crippen LogP contribution in [-0.4, -0.2) is 41.2 Å². The van der Waals surface area contributed by atoms with Gasteiger partial charge in [0.25, 0.3) is 5.91 Å². The average Bonchev–Trinajstić information content (AvgIpc) is 3.19. The lowest BCUT2D eigenvalue weighted by atomic mass is 10.0. The van der Waals surface area contributed by atoms with E-state index in [4.69, 9.17) is 4.74 Å². The van der Waals surface area contributed by atoms with Crippen molar-refractivity contribution in [3.05, 3.63) is 82.6 Å². The molecule has 2 N–H and O–H groups in total. The number of nitrogens with zero attached hydrogens (tertiary/aromatic N) is 1. The number of amides is 3. The SMILES string of the molecule is C[C@@]12C[C@@H]1N(C(=O)CNC(=O)c1ccc(Oc3ccccc3)cc1)[C@H](C(=O)NCc1cccs1)C2. The van der Waals surface area contributed by atoms with Crippen molar-refractivity contribution < 1.29 is 19.1 Å². The molecule has 0 radical (unpaired) electrons. The molecule has 2 fully saturated rings. The monoisotopic (exact) mass is 489 g/mol. The Balaban J connectivity index is 1.16. The lowest BCUT2D eigenvalue weighted by molar-refractivity contribution is -0.139. The highest BCUT2D eigenvalue weighted by Crippen LogP contribution is 2.59. The normalized spacial score (nSPS) is 22.3. The van der Waals surface area contributed by atoms with Crippen molar-refractivity contribution in [2.75, 3.05) is 6.54 Å². The third-order valence-electron chi connectivity index (χ3n) is 6.74. The lowest BCUT2D eigenvalue weighted by Crippen LogP contribution is -2.50. The summed E-state index contributed by atoms with van der Waals surface area (Å²) >= 11 is 1.58. The van der Waals surface area contributed by atoms with Crippen molar-refractivity contribution in [2.24, 2.45) is 5.41 Å². The van der Waals surface area contributed by atoms with E-state index in [1.807, 2.05) is 47.8 Å². The molecule has 3 amide bonds. The summed E-state index contributed by atoms with van der Waals surface area (Å²) < 4.78 is 5.75. The fourth-order valence-electron chi connectivity index (χ4n) is 4.71. The summed E-state index contributed by atoms with van der Waals surface area (Å²) in [5, 5.41) is 7.64. The van der Waals surface area contributed by atoms with E-state index in [0.717, 1.165) is 11.3 Å². The summed E-state index contributed by atoms with van der Waals surface area (Å²) in [5.41, 5.74) is 0.417. The van der Waals surface area contributed by atoms with Crippen LogP contribution < -0.4 is 15.4 Å². The van der Waals surface area contributed by atoms with E-state index in [9.17, 15) is 14.4 Å². The predicted molar refractivity (Wildman–Crippen MR) is 133 cm³/mol. The lowest BCUT2D eigenvalue weighted by Gasteiger charge is -2.27. The molecule has 3 aromatic rings. The Kier molecular flexibility index (Phi) is 6.30. The van der Waals surface area contributed by atoms with E-state index in [2.05, 4.69) is 17.6 Å². The summed E-state index contributed by atoms with van der Waals surface area (Å²) in [6, 6.07) is 19.6. The van der Waals surface area contributed by atoms with Crippen molar-refractivity contribution in [2.45, 2.75) is 38.4 Å². The number of thiophene rings is 1. The first-order valence-corrected chi connectivity index (χ1v) is 12.5. The molecule has 2 aromatic carbocycles. The van der Waals surface area contributed by atoms with Crippen LogP contribution in [0.4, 0.5) is 0 Å². The largest absolute Gasteiger partial charge is 0.457 e. The Bertz CT molecular complexity index is 1210. The zero-order valence-corrected chi connectivity index (χ0v) is 20.2. The molecule has 1 aromatic heterocycles. The smallest absolute Gasteiger partial charge is 0.251 e. The Labute approximate surface area is 208 Å². The van der Waals surface area contributed by atoms with Crippen LogP contribution >= 0.6 is 11.3 Å². The van der Waals surface area contributed by atoms with Gasteiger partial charge in [0, 0.05) is 16.5 Å². The summed E-state index contributed by atoms with van der Waals surface area (Å²) in [7, 11) is 0. The zero-order valence-electron chi connectivity index (χ0n) is 19.4. The first-order chi connectivity index (χ1) is 16.9. The van der Waals surface area contributed by atoms with Crippen molar-refractivity contribution in [1.82, 2.24) is 15.5 Å². The van der Waals surface area contributed by atoms with Crippen molar-refractivity contribution in [3.63, 3.8) is 0 Å². The number of piperidine rings is 1. The first kappa shape index (κ1) is 23.1. The number of ether oxygens (including phenoxy) is 1. The third kappa shape index (κ3) is 5.07. The van der Waals surface area contributed by atoms with Crippen molar-refractivity contribution in [3.8, 4) is 11.5 Å². The van der Waals surface area contributed by atoms with Gasteiger partial charge in [0.2, 0.25) is 11.8 Å². The van der Waals surface area contributed by atoms with Gasteiger partial charge < -0.3 is 20.3 Å². The number of para-hydroxylation sites is 1. The first-order valence-electron chi connectivity index (χ1n) is 11.7. The maximum absolute atomic E-state index is 13.1. The van der Waals surface area contributed by atoms with Crippen LogP contribution in [0.2, 0.25) is 0 Å². The van der Waals surface area contributed by atoms with Gasteiger partial charge in [-0.3, -0.25) is 14.4 Å². The highest BCUT2D eigenvalue weighted by Gasteiger charge is 2.64. The maximum atomic E-state index is 13.1. The topological polar surface area (TPSA) is 87.7 Å². The van der Waals surface area contributed by atoms with Crippen LogP contribution in [0.1, 0.15) is 35.0 Å². The highest BCUT2D eigenvalue weighted by molar-refractivity contribution is 7.09. The summed E-state index contributed by atoms with van der Waals surface area (Å²) in [6.45, 7) is 2.42. The average molecular weight is 490 g/mol. The summed E-state index contributed by atoms with van der Waals surface area (Å²) in [5.74, 6) is 0.610. The van der Waals surface area contributed by atoms with Crippen LogP contribution in [-0.2, 0) is 16.1 Å². The van der Waals surface area contributed by atoms with Gasteiger partial charge in [0.1, 0.15) is 17.5 Å². The van der Waals surface area contributed by atoms with Gasteiger partial charge >= 0.3 is 0 Å². The molecule has 180 valence electrons. The number of hydrogen-bond acceptors (Lipinski definition) is 5. The van der Waals surface area contributed by atoms with Crippen molar-refractivity contribution >= 4 is 29.1 Å². The molecular formula is C27H27N3O4S. The molecule has 2 aliphatic rings. The Hall–Kier alpha value is -3.65. The maximum Gasteiger partial charge on any atom is 0.251 e. The minimum absolute atomic E-state index is 0.0147. The number of hydrogen-bond donors (Lipinski definition) is 2. The second-order valence-corrected chi connectivity index (χ2v) is 10.3. The molecule has 1 saturated carbocycles. The van der Waals surface area contributed by atoms with Gasteiger partial charge in [-0.1, -0.05) is 31.2 Å². The second-order valence-electron chi connectivity index (χ2n) is 9.31. The number of carbonyl (C=O) groups excluding carboxylic acids is 3. The van der Waals surface area contributed by atoms with Gasteiger partial charge in [-0.15, -0.1) is 11.3 Å². The molecule has 1 saturated heterocycles. The van der Waals surface area contributed by atoms with Gasteiger partial charge in [0.05, 0.1) is 13.1 Å². The van der Waals surface area contributed by atoms with Crippen molar-refractivity contribution in [1.29, 1.82) is 0 Å².